The number of hydrogen-bond donors (Lipinski definition) is 0. The maximum Gasteiger partial charge on any atom is 0.245 e. The Morgan fingerprint density at radius 2 is 1.95 bits per heavy atom. The smallest absolute Gasteiger partial charge is 0.245 e. The van der Waals surface area contributed by atoms with E-state index in [4.69, 9.17) is 0 Å². The molecule has 21 heavy (non-hydrogen) atoms. The molecular weight excluding hydrogens is 278 g/mol. The zero-order valence-corrected chi connectivity index (χ0v) is 11.5. The molecule has 2 aliphatic heterocycles. The highest BCUT2D eigenvalue weighted by Crippen LogP contribution is 2.24. The fourth-order valence-corrected chi connectivity index (χ4v) is 3.03. The maximum atomic E-state index is 13.2. The molecule has 1 aromatic rings. The van der Waals surface area contributed by atoms with Crippen LogP contribution in [0.1, 0.15) is 24.8 Å². The SMILES string of the molecule is O=C1C2CCCN2C(=O)CCN1Cc1ccc(F)c(F)c1. The summed E-state index contributed by atoms with van der Waals surface area (Å²) in [5.74, 6) is -1.92. The predicted octanol–water partition coefficient (Wildman–Crippen LogP) is 1.69. The highest BCUT2D eigenvalue weighted by molar-refractivity contribution is 5.90. The average Bonchev–Trinajstić information content (AvgIpc) is 2.92. The largest absolute Gasteiger partial charge is 0.336 e. The highest BCUT2D eigenvalue weighted by atomic mass is 19.2. The molecule has 2 heterocycles. The van der Waals surface area contributed by atoms with Gasteiger partial charge in [0.1, 0.15) is 6.04 Å². The lowest BCUT2D eigenvalue weighted by Crippen LogP contribution is -2.43. The van der Waals surface area contributed by atoms with Crippen LogP contribution in [0, 0.1) is 11.6 Å². The standard InChI is InChI=1S/C15H16F2N2O2/c16-11-4-3-10(8-12(11)17)9-18-7-5-14(20)19-6-1-2-13(19)15(18)21/h3-4,8,13H,1-2,5-7,9H2. The molecule has 4 nitrogen and oxygen atoms in total. The van der Waals surface area contributed by atoms with E-state index in [0.717, 1.165) is 18.6 Å². The minimum Gasteiger partial charge on any atom is -0.336 e. The second-order valence-electron chi connectivity index (χ2n) is 5.50. The molecule has 0 aromatic heterocycles. The van der Waals surface area contributed by atoms with Gasteiger partial charge >= 0.3 is 0 Å². The highest BCUT2D eigenvalue weighted by Gasteiger charge is 2.39. The van der Waals surface area contributed by atoms with Gasteiger partial charge in [0, 0.05) is 26.1 Å². The lowest BCUT2D eigenvalue weighted by atomic mass is 10.1. The van der Waals surface area contributed by atoms with Crippen LogP contribution in [0.3, 0.4) is 0 Å². The van der Waals surface area contributed by atoms with Crippen molar-refractivity contribution in [1.82, 2.24) is 9.80 Å². The maximum absolute atomic E-state index is 13.2. The third-order valence-electron chi connectivity index (χ3n) is 4.12. The fourth-order valence-electron chi connectivity index (χ4n) is 3.03. The van der Waals surface area contributed by atoms with Crippen LogP contribution in [0.5, 0.6) is 0 Å². The molecule has 0 bridgehead atoms. The van der Waals surface area contributed by atoms with Gasteiger partial charge in [0.2, 0.25) is 11.8 Å². The van der Waals surface area contributed by atoms with E-state index in [-0.39, 0.29) is 30.8 Å². The normalized spacial score (nSPS) is 22.5. The van der Waals surface area contributed by atoms with E-state index in [2.05, 4.69) is 0 Å². The van der Waals surface area contributed by atoms with Crippen LogP contribution in [0.15, 0.2) is 18.2 Å². The predicted molar refractivity (Wildman–Crippen MR) is 71.1 cm³/mol. The topological polar surface area (TPSA) is 40.6 Å². The van der Waals surface area contributed by atoms with Crippen molar-refractivity contribution in [3.8, 4) is 0 Å². The molecule has 2 fully saturated rings. The van der Waals surface area contributed by atoms with Crippen LogP contribution >= 0.6 is 0 Å². The van der Waals surface area contributed by atoms with Gasteiger partial charge in [0.25, 0.3) is 0 Å². The van der Waals surface area contributed by atoms with E-state index in [0.29, 0.717) is 25.1 Å². The molecule has 1 aromatic carbocycles. The summed E-state index contributed by atoms with van der Waals surface area (Å²) in [5, 5.41) is 0. The molecule has 6 heteroatoms. The Morgan fingerprint density at radius 1 is 1.14 bits per heavy atom. The molecule has 3 rings (SSSR count). The minimum atomic E-state index is -0.923. The summed E-state index contributed by atoms with van der Waals surface area (Å²) in [6.45, 7) is 1.16. The number of fused-ring (bicyclic) bond motifs is 1. The Hall–Kier alpha value is -1.98. The van der Waals surface area contributed by atoms with Gasteiger partial charge < -0.3 is 9.80 Å². The van der Waals surface area contributed by atoms with Crippen molar-refractivity contribution >= 4 is 11.8 Å². The lowest BCUT2D eigenvalue weighted by molar-refractivity contribution is -0.139. The van der Waals surface area contributed by atoms with Crippen LogP contribution in [0.2, 0.25) is 0 Å². The Labute approximate surface area is 121 Å². The van der Waals surface area contributed by atoms with Gasteiger partial charge in [-0.25, -0.2) is 8.78 Å². The monoisotopic (exact) mass is 294 g/mol. The first-order valence-corrected chi connectivity index (χ1v) is 7.08. The summed E-state index contributed by atoms with van der Waals surface area (Å²) in [6.07, 6.45) is 1.80. The van der Waals surface area contributed by atoms with Crippen LogP contribution in [-0.4, -0.2) is 40.7 Å². The van der Waals surface area contributed by atoms with Gasteiger partial charge in [-0.05, 0) is 30.5 Å². The molecule has 0 saturated carbocycles. The minimum absolute atomic E-state index is 0.00126. The quantitative estimate of drug-likeness (QED) is 0.833. The third kappa shape index (κ3) is 2.62. The molecular formula is C15H16F2N2O2. The molecule has 2 aliphatic rings. The van der Waals surface area contributed by atoms with E-state index in [1.807, 2.05) is 0 Å². The van der Waals surface area contributed by atoms with Gasteiger partial charge in [0.15, 0.2) is 11.6 Å². The molecule has 0 radical (unpaired) electrons. The Morgan fingerprint density at radius 3 is 2.71 bits per heavy atom. The average molecular weight is 294 g/mol. The number of carbonyl (C=O) groups excluding carboxylic acids is 2. The van der Waals surface area contributed by atoms with Crippen LogP contribution in [-0.2, 0) is 16.1 Å². The number of halogens is 2. The van der Waals surface area contributed by atoms with Crippen molar-refractivity contribution in [1.29, 1.82) is 0 Å². The lowest BCUT2D eigenvalue weighted by Gasteiger charge is -2.25. The number of nitrogens with zero attached hydrogens (tertiary/aromatic N) is 2. The second-order valence-corrected chi connectivity index (χ2v) is 5.50. The van der Waals surface area contributed by atoms with E-state index in [1.54, 1.807) is 9.80 Å². The first kappa shape index (κ1) is 14.0. The molecule has 1 unspecified atom stereocenters. The molecule has 0 N–H and O–H groups in total. The molecule has 2 saturated heterocycles. The van der Waals surface area contributed by atoms with Crippen molar-refractivity contribution in [2.24, 2.45) is 0 Å². The molecule has 2 amide bonds. The number of rotatable bonds is 2. The summed E-state index contributed by atoms with van der Waals surface area (Å²) >= 11 is 0. The second kappa shape index (κ2) is 5.42. The summed E-state index contributed by atoms with van der Waals surface area (Å²) < 4.78 is 26.2. The molecule has 0 spiro atoms. The van der Waals surface area contributed by atoms with E-state index in [1.165, 1.54) is 6.07 Å². The van der Waals surface area contributed by atoms with Gasteiger partial charge in [-0.2, -0.15) is 0 Å². The first-order chi connectivity index (χ1) is 10.1. The number of carbonyl (C=O) groups is 2. The molecule has 0 aliphatic carbocycles. The fraction of sp³-hybridized carbons (Fsp3) is 0.467. The van der Waals surface area contributed by atoms with E-state index in [9.17, 15) is 18.4 Å². The van der Waals surface area contributed by atoms with Crippen molar-refractivity contribution in [2.45, 2.75) is 31.8 Å². The first-order valence-electron chi connectivity index (χ1n) is 7.08. The molecule has 1 atom stereocenters. The van der Waals surface area contributed by atoms with Crippen LogP contribution in [0.4, 0.5) is 8.78 Å². The van der Waals surface area contributed by atoms with Gasteiger partial charge in [-0.15, -0.1) is 0 Å². The summed E-state index contributed by atoms with van der Waals surface area (Å²) in [4.78, 5) is 27.7. The number of benzene rings is 1. The van der Waals surface area contributed by atoms with Crippen LogP contribution < -0.4 is 0 Å². The van der Waals surface area contributed by atoms with Gasteiger partial charge in [-0.1, -0.05) is 6.07 Å². The van der Waals surface area contributed by atoms with Crippen LogP contribution in [0.25, 0.3) is 0 Å². The molecule has 112 valence electrons. The number of hydrogen-bond acceptors (Lipinski definition) is 2. The van der Waals surface area contributed by atoms with E-state index < -0.39 is 11.6 Å². The Balaban J connectivity index is 1.79. The Bertz CT molecular complexity index is 591. The Kier molecular flexibility index (Phi) is 3.61. The number of amides is 2. The van der Waals surface area contributed by atoms with Gasteiger partial charge in [-0.3, -0.25) is 9.59 Å². The summed E-state index contributed by atoms with van der Waals surface area (Å²) in [5.41, 5.74) is 0.529. The summed E-state index contributed by atoms with van der Waals surface area (Å²) in [6, 6.07) is 3.23. The van der Waals surface area contributed by atoms with Gasteiger partial charge in [0.05, 0.1) is 0 Å². The van der Waals surface area contributed by atoms with E-state index >= 15 is 0 Å². The summed E-state index contributed by atoms with van der Waals surface area (Å²) in [7, 11) is 0. The third-order valence-corrected chi connectivity index (χ3v) is 4.12. The zero-order chi connectivity index (χ0) is 15.0. The van der Waals surface area contributed by atoms with Crippen molar-refractivity contribution in [2.75, 3.05) is 13.1 Å². The van der Waals surface area contributed by atoms with Crippen molar-refractivity contribution < 1.29 is 18.4 Å². The van der Waals surface area contributed by atoms with Crippen molar-refractivity contribution in [3.05, 3.63) is 35.4 Å². The zero-order valence-electron chi connectivity index (χ0n) is 11.5. The van der Waals surface area contributed by atoms with Crippen molar-refractivity contribution in [3.63, 3.8) is 0 Å².